The molecular weight excluding hydrogens is 507 g/mol. The van der Waals surface area contributed by atoms with Crippen molar-refractivity contribution in [1.82, 2.24) is 14.7 Å². The van der Waals surface area contributed by atoms with Gasteiger partial charge in [-0.25, -0.2) is 0 Å². The van der Waals surface area contributed by atoms with Crippen molar-refractivity contribution >= 4 is 28.5 Å². The van der Waals surface area contributed by atoms with E-state index in [4.69, 9.17) is 16.1 Å². The van der Waals surface area contributed by atoms with E-state index in [9.17, 15) is 23.1 Å². The lowest BCUT2D eigenvalue weighted by Crippen LogP contribution is -2.11. The van der Waals surface area contributed by atoms with Crippen molar-refractivity contribution in [3.63, 3.8) is 0 Å². The van der Waals surface area contributed by atoms with Crippen molar-refractivity contribution in [2.75, 3.05) is 0 Å². The van der Waals surface area contributed by atoms with E-state index in [1.165, 1.54) is 0 Å². The average Bonchev–Trinajstić information content (AvgIpc) is 3.65. The van der Waals surface area contributed by atoms with Crippen LogP contribution in [0.1, 0.15) is 67.2 Å². The first kappa shape index (κ1) is 24.0. The highest BCUT2D eigenvalue weighted by molar-refractivity contribution is 6.36. The molecule has 0 spiro atoms. The van der Waals surface area contributed by atoms with Crippen LogP contribution >= 0.6 is 11.6 Å². The van der Waals surface area contributed by atoms with E-state index in [1.54, 1.807) is 24.3 Å². The van der Waals surface area contributed by atoms with Crippen LogP contribution in [0.3, 0.4) is 0 Å². The summed E-state index contributed by atoms with van der Waals surface area (Å²) in [4.78, 5) is 15.7. The van der Waals surface area contributed by atoms with Crippen LogP contribution < -0.4 is 0 Å². The van der Waals surface area contributed by atoms with Crippen LogP contribution in [0.5, 0.6) is 0 Å². The molecule has 0 bridgehead atoms. The second-order valence-corrected chi connectivity index (χ2v) is 10.2. The Hall–Kier alpha value is -3.33. The molecule has 0 amide bonds. The van der Waals surface area contributed by atoms with Crippen LogP contribution in [0.15, 0.2) is 40.9 Å². The molecule has 192 valence electrons. The Morgan fingerprint density at radius 3 is 2.59 bits per heavy atom. The molecular formula is C27H23ClF3N3O3. The highest BCUT2D eigenvalue weighted by Gasteiger charge is 2.37. The maximum absolute atomic E-state index is 13.9. The van der Waals surface area contributed by atoms with E-state index in [2.05, 4.69) is 10.1 Å². The molecule has 3 heterocycles. The van der Waals surface area contributed by atoms with Gasteiger partial charge in [0.2, 0.25) is 5.82 Å². The Kier molecular flexibility index (Phi) is 5.78. The maximum Gasteiger partial charge on any atom is 0.416 e. The molecule has 6 nitrogen and oxygen atoms in total. The zero-order valence-corrected chi connectivity index (χ0v) is 20.4. The number of fused-ring (bicyclic) bond motifs is 3. The lowest BCUT2D eigenvalue weighted by Gasteiger charge is -2.18. The van der Waals surface area contributed by atoms with Crippen LogP contribution in [-0.2, 0) is 17.5 Å². The van der Waals surface area contributed by atoms with Gasteiger partial charge in [-0.05, 0) is 61.1 Å². The Balaban J connectivity index is 1.35. The van der Waals surface area contributed by atoms with E-state index in [0.29, 0.717) is 29.1 Å². The molecule has 2 aromatic heterocycles. The lowest BCUT2D eigenvalue weighted by molar-refractivity contribution is -0.138. The standard InChI is InChI=1S/C27H23ClF3N3O3/c28-23-19-11-16(6-8-21(19)34-10-9-15(24(23)34)13-22(35)36)25-32-26(37-33-25)17-5-7-18(14-3-1-2-4-14)20(12-17)27(29,30)31/h5-8,11-12,14-15H,1-4,9-10,13H2,(H,35,36)/t15-/m1/s1. The maximum atomic E-state index is 13.9. The summed E-state index contributed by atoms with van der Waals surface area (Å²) in [5, 5.41) is 14.5. The Bertz CT molecular complexity index is 1520. The summed E-state index contributed by atoms with van der Waals surface area (Å²) in [5.41, 5.74) is 2.19. The fourth-order valence-electron chi connectivity index (χ4n) is 5.93. The van der Waals surface area contributed by atoms with E-state index in [0.717, 1.165) is 48.3 Å². The zero-order chi connectivity index (χ0) is 25.9. The van der Waals surface area contributed by atoms with Crippen molar-refractivity contribution < 1.29 is 27.6 Å². The van der Waals surface area contributed by atoms with Gasteiger partial charge in [-0.2, -0.15) is 18.2 Å². The summed E-state index contributed by atoms with van der Waals surface area (Å²) in [6.45, 7) is 0.681. The quantitative estimate of drug-likeness (QED) is 0.287. The normalized spacial score (nSPS) is 18.1. The largest absolute Gasteiger partial charge is 0.481 e. The number of aliphatic carboxylic acids is 1. The van der Waals surface area contributed by atoms with Crippen LogP contribution in [-0.4, -0.2) is 25.8 Å². The van der Waals surface area contributed by atoms with Crippen LogP contribution in [0, 0.1) is 0 Å². The lowest BCUT2D eigenvalue weighted by atomic mass is 9.91. The molecule has 0 saturated heterocycles. The molecule has 6 rings (SSSR count). The second-order valence-electron chi connectivity index (χ2n) is 9.87. The van der Waals surface area contributed by atoms with E-state index in [-0.39, 0.29) is 35.5 Å². The van der Waals surface area contributed by atoms with E-state index >= 15 is 0 Å². The molecule has 1 saturated carbocycles. The molecule has 37 heavy (non-hydrogen) atoms. The molecule has 1 aliphatic carbocycles. The number of carbonyl (C=O) groups is 1. The minimum Gasteiger partial charge on any atom is -0.481 e. The van der Waals surface area contributed by atoms with Gasteiger partial charge in [-0.15, -0.1) is 0 Å². The monoisotopic (exact) mass is 529 g/mol. The number of hydrogen-bond donors (Lipinski definition) is 1. The van der Waals surface area contributed by atoms with Crippen molar-refractivity contribution in [1.29, 1.82) is 0 Å². The molecule has 10 heteroatoms. The van der Waals surface area contributed by atoms with Crippen molar-refractivity contribution in [2.45, 2.75) is 63.1 Å². The number of nitrogens with zero attached hydrogens (tertiary/aromatic N) is 3. The number of halogens is 4. The van der Waals surface area contributed by atoms with Gasteiger partial charge in [0.15, 0.2) is 0 Å². The number of aryl methyl sites for hydroxylation is 1. The zero-order valence-electron chi connectivity index (χ0n) is 19.7. The summed E-state index contributed by atoms with van der Waals surface area (Å²) in [7, 11) is 0. The van der Waals surface area contributed by atoms with Crippen LogP contribution in [0.2, 0.25) is 5.02 Å². The minimum absolute atomic E-state index is 0.00515. The molecule has 0 unspecified atom stereocenters. The van der Waals surface area contributed by atoms with Gasteiger partial charge >= 0.3 is 12.1 Å². The number of rotatable bonds is 5. The van der Waals surface area contributed by atoms with Crippen LogP contribution in [0.25, 0.3) is 33.7 Å². The third-order valence-electron chi connectivity index (χ3n) is 7.63. The summed E-state index contributed by atoms with van der Waals surface area (Å²) >= 11 is 6.69. The first-order valence-electron chi connectivity index (χ1n) is 12.3. The van der Waals surface area contributed by atoms with Crippen molar-refractivity contribution in [2.24, 2.45) is 0 Å². The van der Waals surface area contributed by atoms with Crippen molar-refractivity contribution in [3.05, 3.63) is 58.2 Å². The van der Waals surface area contributed by atoms with E-state index in [1.807, 2.05) is 10.6 Å². The SMILES string of the molecule is O=C(O)C[C@H]1CCn2c1c(Cl)c1cc(-c3noc(-c4ccc(C5CCCC5)c(C(F)(F)F)c4)n3)ccc12. The fourth-order valence-corrected chi connectivity index (χ4v) is 6.34. The van der Waals surface area contributed by atoms with E-state index < -0.39 is 17.7 Å². The molecule has 4 aromatic rings. The summed E-state index contributed by atoms with van der Waals surface area (Å²) in [6.07, 6.45) is -0.347. The minimum atomic E-state index is -4.48. The molecule has 1 fully saturated rings. The van der Waals surface area contributed by atoms with Gasteiger partial charge in [0.25, 0.3) is 5.89 Å². The molecule has 1 atom stereocenters. The van der Waals surface area contributed by atoms with Gasteiger partial charge < -0.3 is 14.2 Å². The van der Waals surface area contributed by atoms with Gasteiger partial charge in [-0.3, -0.25) is 4.79 Å². The molecule has 2 aliphatic rings. The summed E-state index contributed by atoms with van der Waals surface area (Å²) in [5.74, 6) is -0.877. The highest BCUT2D eigenvalue weighted by atomic mass is 35.5. The number of carboxylic acids is 1. The van der Waals surface area contributed by atoms with Crippen molar-refractivity contribution in [3.8, 4) is 22.8 Å². The van der Waals surface area contributed by atoms with Crippen LogP contribution in [0.4, 0.5) is 13.2 Å². The number of alkyl halides is 3. The molecule has 2 aromatic carbocycles. The molecule has 0 radical (unpaired) electrons. The fraction of sp³-hybridized carbons (Fsp3) is 0.370. The summed E-state index contributed by atoms with van der Waals surface area (Å²) in [6, 6.07) is 9.74. The summed E-state index contributed by atoms with van der Waals surface area (Å²) < 4.78 is 49.1. The van der Waals surface area contributed by atoms with Gasteiger partial charge in [0.05, 0.1) is 17.0 Å². The number of aromatic nitrogens is 3. The topological polar surface area (TPSA) is 81.1 Å². The van der Waals surface area contributed by atoms with Gasteiger partial charge in [0.1, 0.15) is 0 Å². The number of carboxylic acid groups (broad SMARTS) is 1. The molecule has 1 aliphatic heterocycles. The number of hydrogen-bond acceptors (Lipinski definition) is 4. The third kappa shape index (κ3) is 4.19. The smallest absolute Gasteiger partial charge is 0.416 e. The Morgan fingerprint density at radius 2 is 1.86 bits per heavy atom. The average molecular weight is 530 g/mol. The van der Waals surface area contributed by atoms with Gasteiger partial charge in [-0.1, -0.05) is 35.7 Å². The second kappa shape index (κ2) is 8.90. The van der Waals surface area contributed by atoms with Gasteiger partial charge in [0, 0.05) is 40.2 Å². The molecule has 1 N–H and O–H groups in total. The predicted molar refractivity (Wildman–Crippen MR) is 131 cm³/mol. The first-order chi connectivity index (χ1) is 17.7. The highest BCUT2D eigenvalue weighted by Crippen LogP contribution is 2.45. The predicted octanol–water partition coefficient (Wildman–Crippen LogP) is 7.65. The Morgan fingerprint density at radius 1 is 1.11 bits per heavy atom. The Labute approximate surface area is 215 Å². The third-order valence-corrected chi connectivity index (χ3v) is 8.03. The number of benzene rings is 2. The first-order valence-corrected chi connectivity index (χ1v) is 12.7.